The summed E-state index contributed by atoms with van der Waals surface area (Å²) in [5.41, 5.74) is 0. The highest BCUT2D eigenvalue weighted by Gasteiger charge is 2.27. The van der Waals surface area contributed by atoms with Crippen molar-refractivity contribution in [2.45, 2.75) is 37.8 Å². The fourth-order valence-corrected chi connectivity index (χ4v) is 2.55. The lowest BCUT2D eigenvalue weighted by Crippen LogP contribution is -2.46. The van der Waals surface area contributed by atoms with Gasteiger partial charge in [0.2, 0.25) is 5.28 Å². The van der Waals surface area contributed by atoms with Crippen LogP contribution in [0.15, 0.2) is 12.3 Å². The average Bonchev–Trinajstić information content (AvgIpc) is 3.13. The van der Waals surface area contributed by atoms with Gasteiger partial charge >= 0.3 is 0 Å². The van der Waals surface area contributed by atoms with E-state index in [0.29, 0.717) is 11.3 Å². The summed E-state index contributed by atoms with van der Waals surface area (Å²) < 4.78 is 0. The molecule has 1 aliphatic carbocycles. The van der Waals surface area contributed by atoms with Gasteiger partial charge in [-0.3, -0.25) is 0 Å². The molecule has 1 aromatic heterocycles. The summed E-state index contributed by atoms with van der Waals surface area (Å²) in [5.74, 6) is 0.951. The molecule has 2 fully saturated rings. The molecule has 0 unspecified atom stereocenters. The first-order valence-electron chi connectivity index (χ1n) is 6.31. The van der Waals surface area contributed by atoms with Crippen LogP contribution >= 0.6 is 11.6 Å². The van der Waals surface area contributed by atoms with E-state index in [-0.39, 0.29) is 0 Å². The monoisotopic (exact) mass is 252 g/mol. The number of nitrogens with zero attached hydrogens (tertiary/aromatic N) is 3. The number of anilines is 1. The van der Waals surface area contributed by atoms with E-state index in [1.807, 2.05) is 6.07 Å². The van der Waals surface area contributed by atoms with Crippen LogP contribution in [0.1, 0.15) is 25.7 Å². The topological polar surface area (TPSA) is 41.1 Å². The molecule has 1 aromatic rings. The normalized spacial score (nSPS) is 25.0. The van der Waals surface area contributed by atoms with Crippen LogP contribution in [0.5, 0.6) is 0 Å². The van der Waals surface area contributed by atoms with E-state index in [0.717, 1.165) is 24.9 Å². The first kappa shape index (κ1) is 11.2. The third-order valence-electron chi connectivity index (χ3n) is 3.41. The molecule has 0 radical (unpaired) electrons. The summed E-state index contributed by atoms with van der Waals surface area (Å²) in [5, 5.41) is 4.02. The van der Waals surface area contributed by atoms with Gasteiger partial charge in [0, 0.05) is 31.4 Å². The zero-order valence-corrected chi connectivity index (χ0v) is 10.5. The summed E-state index contributed by atoms with van der Waals surface area (Å²) in [6.07, 6.45) is 6.89. The van der Waals surface area contributed by atoms with Crippen LogP contribution in [0, 0.1) is 0 Å². The van der Waals surface area contributed by atoms with Gasteiger partial charge in [-0.25, -0.2) is 9.97 Å². The zero-order chi connectivity index (χ0) is 11.7. The molecule has 0 aromatic carbocycles. The minimum atomic E-state index is 0.333. The molecule has 0 bridgehead atoms. The molecule has 5 heteroatoms. The third-order valence-corrected chi connectivity index (χ3v) is 3.59. The second kappa shape index (κ2) is 4.78. The van der Waals surface area contributed by atoms with Crippen LogP contribution in [0.2, 0.25) is 5.28 Å². The number of aromatic nitrogens is 2. The molecule has 1 atom stereocenters. The fourth-order valence-electron chi connectivity index (χ4n) is 2.41. The molecule has 2 aliphatic rings. The smallest absolute Gasteiger partial charge is 0.224 e. The van der Waals surface area contributed by atoms with Gasteiger partial charge in [-0.1, -0.05) is 0 Å². The first-order chi connectivity index (χ1) is 8.31. The summed E-state index contributed by atoms with van der Waals surface area (Å²) in [6.45, 7) is 2.10. The lowest BCUT2D eigenvalue weighted by Gasteiger charge is -2.34. The van der Waals surface area contributed by atoms with Crippen LogP contribution in [0.4, 0.5) is 5.82 Å². The fraction of sp³-hybridized carbons (Fsp3) is 0.667. The molecular formula is C12H17ClN4. The highest BCUT2D eigenvalue weighted by Crippen LogP contribution is 2.23. The van der Waals surface area contributed by atoms with Crippen molar-refractivity contribution < 1.29 is 0 Å². The van der Waals surface area contributed by atoms with Gasteiger partial charge in [-0.05, 0) is 43.4 Å². The zero-order valence-electron chi connectivity index (χ0n) is 9.77. The van der Waals surface area contributed by atoms with Crippen molar-refractivity contribution in [2.24, 2.45) is 0 Å². The minimum absolute atomic E-state index is 0.333. The van der Waals surface area contributed by atoms with E-state index in [9.17, 15) is 0 Å². The van der Waals surface area contributed by atoms with E-state index in [1.165, 1.54) is 25.7 Å². The van der Waals surface area contributed by atoms with Crippen molar-refractivity contribution in [3.8, 4) is 0 Å². The molecule has 2 heterocycles. The molecule has 17 heavy (non-hydrogen) atoms. The van der Waals surface area contributed by atoms with Gasteiger partial charge in [0.1, 0.15) is 5.82 Å². The highest BCUT2D eigenvalue weighted by molar-refractivity contribution is 6.28. The van der Waals surface area contributed by atoms with Gasteiger partial charge < -0.3 is 10.2 Å². The van der Waals surface area contributed by atoms with Crippen LogP contribution < -0.4 is 10.2 Å². The van der Waals surface area contributed by atoms with Crippen molar-refractivity contribution in [2.75, 3.05) is 18.0 Å². The Morgan fingerprint density at radius 2 is 2.18 bits per heavy atom. The largest absolute Gasteiger partial charge is 0.355 e. The van der Waals surface area contributed by atoms with Crippen molar-refractivity contribution in [1.82, 2.24) is 15.3 Å². The highest BCUT2D eigenvalue weighted by atomic mass is 35.5. The maximum Gasteiger partial charge on any atom is 0.224 e. The molecular weight excluding hydrogens is 236 g/mol. The standard InChI is InChI=1S/C12H17ClN4/c13-12-14-6-5-11(16-12)17-7-1-2-10(8-17)15-9-3-4-9/h5-6,9-10,15H,1-4,7-8H2/t10-/m1/s1. The number of halogens is 1. The van der Waals surface area contributed by atoms with Gasteiger partial charge in [-0.2, -0.15) is 0 Å². The van der Waals surface area contributed by atoms with E-state index in [4.69, 9.17) is 11.6 Å². The number of hydrogen-bond donors (Lipinski definition) is 1. The Morgan fingerprint density at radius 1 is 1.29 bits per heavy atom. The molecule has 1 aliphatic heterocycles. The summed E-state index contributed by atoms with van der Waals surface area (Å²) in [6, 6.07) is 3.31. The molecule has 92 valence electrons. The predicted octanol–water partition coefficient (Wildman–Crippen LogP) is 1.85. The van der Waals surface area contributed by atoms with Crippen molar-refractivity contribution >= 4 is 17.4 Å². The molecule has 1 saturated heterocycles. The van der Waals surface area contributed by atoms with Crippen LogP contribution in [0.25, 0.3) is 0 Å². The number of nitrogens with one attached hydrogen (secondary N) is 1. The second-order valence-electron chi connectivity index (χ2n) is 4.91. The Morgan fingerprint density at radius 3 is 2.94 bits per heavy atom. The summed E-state index contributed by atoms with van der Waals surface area (Å²) >= 11 is 5.83. The van der Waals surface area contributed by atoms with Gasteiger partial charge in [0.05, 0.1) is 0 Å². The van der Waals surface area contributed by atoms with E-state index in [1.54, 1.807) is 6.20 Å². The van der Waals surface area contributed by atoms with E-state index < -0.39 is 0 Å². The SMILES string of the molecule is Clc1nccc(N2CCC[C@@H](NC3CC3)C2)n1. The molecule has 0 amide bonds. The van der Waals surface area contributed by atoms with Crippen molar-refractivity contribution in [3.05, 3.63) is 17.5 Å². The Bertz CT molecular complexity index is 394. The third kappa shape index (κ3) is 2.87. The Hall–Kier alpha value is -0.870. The Balaban J connectivity index is 1.65. The Kier molecular flexibility index (Phi) is 3.16. The molecule has 3 rings (SSSR count). The summed E-state index contributed by atoms with van der Waals surface area (Å²) in [7, 11) is 0. The molecule has 4 nitrogen and oxygen atoms in total. The predicted molar refractivity (Wildman–Crippen MR) is 68.4 cm³/mol. The van der Waals surface area contributed by atoms with E-state index in [2.05, 4.69) is 20.2 Å². The molecule has 0 spiro atoms. The van der Waals surface area contributed by atoms with Gasteiger partial charge in [0.25, 0.3) is 0 Å². The number of hydrogen-bond acceptors (Lipinski definition) is 4. The van der Waals surface area contributed by atoms with Crippen LogP contribution in [0.3, 0.4) is 0 Å². The molecule has 1 saturated carbocycles. The van der Waals surface area contributed by atoms with Gasteiger partial charge in [0.15, 0.2) is 0 Å². The Labute approximate surface area is 106 Å². The maximum absolute atomic E-state index is 5.83. The lowest BCUT2D eigenvalue weighted by atomic mass is 10.1. The van der Waals surface area contributed by atoms with E-state index >= 15 is 0 Å². The number of rotatable bonds is 3. The first-order valence-corrected chi connectivity index (χ1v) is 6.68. The second-order valence-corrected chi connectivity index (χ2v) is 5.25. The van der Waals surface area contributed by atoms with Crippen molar-refractivity contribution in [1.29, 1.82) is 0 Å². The summed E-state index contributed by atoms with van der Waals surface area (Å²) in [4.78, 5) is 10.5. The van der Waals surface area contributed by atoms with Crippen LogP contribution in [-0.2, 0) is 0 Å². The lowest BCUT2D eigenvalue weighted by molar-refractivity contribution is 0.419. The number of piperidine rings is 1. The van der Waals surface area contributed by atoms with Crippen molar-refractivity contribution in [3.63, 3.8) is 0 Å². The van der Waals surface area contributed by atoms with Gasteiger partial charge in [-0.15, -0.1) is 0 Å². The maximum atomic E-state index is 5.83. The average molecular weight is 253 g/mol. The molecule has 1 N–H and O–H groups in total. The van der Waals surface area contributed by atoms with Crippen LogP contribution in [-0.4, -0.2) is 35.1 Å². The minimum Gasteiger partial charge on any atom is -0.355 e. The quantitative estimate of drug-likeness (QED) is 0.834.